The lowest BCUT2D eigenvalue weighted by atomic mass is 9.79. The second-order valence-corrected chi connectivity index (χ2v) is 5.94. The summed E-state index contributed by atoms with van der Waals surface area (Å²) in [4.78, 5) is 0. The van der Waals surface area contributed by atoms with E-state index in [0.29, 0.717) is 5.41 Å². The van der Waals surface area contributed by atoms with Crippen molar-refractivity contribution in [1.29, 1.82) is 0 Å². The predicted octanol–water partition coefficient (Wildman–Crippen LogP) is 4.26. The summed E-state index contributed by atoms with van der Waals surface area (Å²) < 4.78 is 0. The Morgan fingerprint density at radius 2 is 1.83 bits per heavy atom. The first kappa shape index (κ1) is 15.2. The van der Waals surface area contributed by atoms with Crippen LogP contribution < -0.4 is 5.32 Å². The van der Waals surface area contributed by atoms with Crippen molar-refractivity contribution in [3.8, 4) is 0 Å². The minimum atomic E-state index is 0.381. The number of rotatable bonds is 7. The summed E-state index contributed by atoms with van der Waals surface area (Å²) >= 11 is 0. The van der Waals surface area contributed by atoms with Gasteiger partial charge >= 0.3 is 0 Å². The molecule has 0 bridgehead atoms. The summed E-state index contributed by atoms with van der Waals surface area (Å²) in [6.07, 6.45) is 3.72. The first-order valence-corrected chi connectivity index (χ1v) is 7.27. The van der Waals surface area contributed by atoms with Crippen LogP contribution in [0.4, 0.5) is 0 Å². The van der Waals surface area contributed by atoms with Crippen LogP contribution in [-0.2, 0) is 6.42 Å². The van der Waals surface area contributed by atoms with Crippen molar-refractivity contribution in [2.75, 3.05) is 13.1 Å². The number of nitrogens with one attached hydrogen (secondary N) is 1. The first-order chi connectivity index (χ1) is 8.50. The molecule has 0 spiro atoms. The molecule has 1 unspecified atom stereocenters. The third kappa shape index (κ3) is 4.45. The fraction of sp³-hybridized carbons (Fsp3) is 0.647. The maximum Gasteiger partial charge on any atom is 0.000823 e. The molecule has 0 radical (unpaired) electrons. The van der Waals surface area contributed by atoms with E-state index in [1.165, 1.54) is 36.0 Å². The van der Waals surface area contributed by atoms with E-state index in [2.05, 4.69) is 58.1 Å². The number of aryl methyl sites for hydroxylation is 2. The molecule has 0 saturated carbocycles. The van der Waals surface area contributed by atoms with Crippen molar-refractivity contribution in [3.63, 3.8) is 0 Å². The van der Waals surface area contributed by atoms with Gasteiger partial charge in [0.05, 0.1) is 0 Å². The van der Waals surface area contributed by atoms with Gasteiger partial charge in [-0.25, -0.2) is 0 Å². The molecule has 18 heavy (non-hydrogen) atoms. The molecule has 1 aromatic carbocycles. The molecule has 1 atom stereocenters. The van der Waals surface area contributed by atoms with E-state index in [0.717, 1.165) is 13.1 Å². The third-order valence-corrected chi connectivity index (χ3v) is 3.86. The number of hydrogen-bond donors (Lipinski definition) is 1. The van der Waals surface area contributed by atoms with E-state index in [1.807, 2.05) is 0 Å². The molecule has 0 heterocycles. The van der Waals surface area contributed by atoms with Crippen LogP contribution in [0, 0.1) is 19.3 Å². The van der Waals surface area contributed by atoms with Gasteiger partial charge in [0, 0.05) is 6.54 Å². The molecule has 1 N–H and O–H groups in total. The van der Waals surface area contributed by atoms with Crippen molar-refractivity contribution >= 4 is 0 Å². The molecule has 1 aromatic rings. The van der Waals surface area contributed by atoms with Gasteiger partial charge in [-0.1, -0.05) is 45.4 Å². The van der Waals surface area contributed by atoms with Gasteiger partial charge in [0.25, 0.3) is 0 Å². The molecule has 0 aliphatic rings. The lowest BCUT2D eigenvalue weighted by Crippen LogP contribution is -2.33. The van der Waals surface area contributed by atoms with Crippen molar-refractivity contribution in [2.24, 2.45) is 5.41 Å². The van der Waals surface area contributed by atoms with Gasteiger partial charge in [-0.15, -0.1) is 0 Å². The van der Waals surface area contributed by atoms with E-state index in [-0.39, 0.29) is 0 Å². The van der Waals surface area contributed by atoms with Crippen LogP contribution in [-0.4, -0.2) is 13.1 Å². The van der Waals surface area contributed by atoms with Gasteiger partial charge in [-0.3, -0.25) is 0 Å². The second kappa shape index (κ2) is 6.94. The quantitative estimate of drug-likeness (QED) is 0.759. The second-order valence-electron chi connectivity index (χ2n) is 5.94. The molecule has 0 aromatic heterocycles. The van der Waals surface area contributed by atoms with Crippen LogP contribution in [0.1, 0.15) is 50.3 Å². The maximum atomic E-state index is 3.52. The topological polar surface area (TPSA) is 12.0 Å². The van der Waals surface area contributed by atoms with Crippen molar-refractivity contribution < 1.29 is 0 Å². The smallest absolute Gasteiger partial charge is 0.000823 e. The summed E-state index contributed by atoms with van der Waals surface area (Å²) in [6, 6.07) is 6.90. The Bertz CT molecular complexity index is 370. The van der Waals surface area contributed by atoms with E-state index in [1.54, 1.807) is 0 Å². The lowest BCUT2D eigenvalue weighted by Gasteiger charge is -2.30. The van der Waals surface area contributed by atoms with Crippen LogP contribution in [0.3, 0.4) is 0 Å². The molecule has 1 rings (SSSR count). The minimum absolute atomic E-state index is 0.381. The maximum absolute atomic E-state index is 3.52. The van der Waals surface area contributed by atoms with Crippen LogP contribution in [0.25, 0.3) is 0 Å². The zero-order chi connectivity index (χ0) is 13.6. The zero-order valence-electron chi connectivity index (χ0n) is 12.8. The highest BCUT2D eigenvalue weighted by Crippen LogP contribution is 2.28. The van der Waals surface area contributed by atoms with Gasteiger partial charge in [0.2, 0.25) is 0 Å². The molecule has 102 valence electrons. The summed E-state index contributed by atoms with van der Waals surface area (Å²) in [5.74, 6) is 0. The van der Waals surface area contributed by atoms with Crippen LogP contribution in [0.5, 0.6) is 0 Å². The zero-order valence-corrected chi connectivity index (χ0v) is 12.8. The van der Waals surface area contributed by atoms with Gasteiger partial charge < -0.3 is 5.32 Å². The van der Waals surface area contributed by atoms with Crippen molar-refractivity contribution in [1.82, 2.24) is 5.32 Å². The highest BCUT2D eigenvalue weighted by atomic mass is 14.9. The van der Waals surface area contributed by atoms with Crippen LogP contribution in [0.15, 0.2) is 18.2 Å². The van der Waals surface area contributed by atoms with Crippen molar-refractivity contribution in [2.45, 2.75) is 53.9 Å². The summed E-state index contributed by atoms with van der Waals surface area (Å²) in [6.45, 7) is 13.4. The lowest BCUT2D eigenvalue weighted by molar-refractivity contribution is 0.277. The Morgan fingerprint density at radius 1 is 1.11 bits per heavy atom. The van der Waals surface area contributed by atoms with Gasteiger partial charge in [0.1, 0.15) is 0 Å². The van der Waals surface area contributed by atoms with Crippen LogP contribution >= 0.6 is 0 Å². The Hall–Kier alpha value is -0.820. The van der Waals surface area contributed by atoms with Gasteiger partial charge in [-0.05, 0) is 55.3 Å². The Morgan fingerprint density at radius 3 is 2.39 bits per heavy atom. The molecule has 0 fully saturated rings. The molecular weight excluding hydrogens is 218 g/mol. The highest BCUT2D eigenvalue weighted by Gasteiger charge is 2.23. The molecule has 0 saturated heterocycles. The number of hydrogen-bond acceptors (Lipinski definition) is 1. The Labute approximate surface area is 113 Å². The van der Waals surface area contributed by atoms with Gasteiger partial charge in [-0.2, -0.15) is 0 Å². The summed E-state index contributed by atoms with van der Waals surface area (Å²) in [7, 11) is 0. The third-order valence-electron chi connectivity index (χ3n) is 3.86. The monoisotopic (exact) mass is 247 g/mol. The van der Waals surface area contributed by atoms with E-state index < -0.39 is 0 Å². The molecule has 1 nitrogen and oxygen atoms in total. The van der Waals surface area contributed by atoms with E-state index in [4.69, 9.17) is 0 Å². The average molecular weight is 247 g/mol. The first-order valence-electron chi connectivity index (χ1n) is 7.27. The fourth-order valence-corrected chi connectivity index (χ4v) is 2.68. The highest BCUT2D eigenvalue weighted by molar-refractivity contribution is 5.30. The molecule has 0 aliphatic carbocycles. The molecular formula is C17H29N. The van der Waals surface area contributed by atoms with E-state index in [9.17, 15) is 0 Å². The molecule has 0 amide bonds. The molecule has 1 heteroatoms. The number of benzene rings is 1. The summed E-state index contributed by atoms with van der Waals surface area (Å²) in [5, 5.41) is 3.52. The Balaban J connectivity index is 2.78. The SMILES string of the molecule is CCCC(C)(CNCC)Cc1ccc(C)c(C)c1. The molecule has 0 aliphatic heterocycles. The standard InChI is InChI=1S/C17H29N/c1-6-10-17(5,13-18-7-2)12-16-9-8-14(3)15(4)11-16/h8-9,11,18H,6-7,10,12-13H2,1-5H3. The largest absolute Gasteiger partial charge is 0.316 e. The van der Waals surface area contributed by atoms with Crippen molar-refractivity contribution in [3.05, 3.63) is 34.9 Å². The Kier molecular flexibility index (Phi) is 5.87. The van der Waals surface area contributed by atoms with Gasteiger partial charge in [0.15, 0.2) is 0 Å². The predicted molar refractivity (Wildman–Crippen MR) is 81.2 cm³/mol. The fourth-order valence-electron chi connectivity index (χ4n) is 2.68. The normalized spacial score (nSPS) is 14.5. The van der Waals surface area contributed by atoms with E-state index >= 15 is 0 Å². The average Bonchev–Trinajstić information content (AvgIpc) is 2.32. The minimum Gasteiger partial charge on any atom is -0.316 e. The summed E-state index contributed by atoms with van der Waals surface area (Å²) in [5.41, 5.74) is 4.66. The van der Waals surface area contributed by atoms with Crippen LogP contribution in [0.2, 0.25) is 0 Å².